The van der Waals surface area contributed by atoms with Crippen LogP contribution in [0.4, 0.5) is 10.8 Å². The number of carbonyl (C=O) groups is 2. The first-order valence-electron chi connectivity index (χ1n) is 8.37. The zero-order chi connectivity index (χ0) is 17.9. The average molecular weight is 381 g/mol. The lowest BCUT2D eigenvalue weighted by Crippen LogP contribution is -2.49. The van der Waals surface area contributed by atoms with Crippen LogP contribution in [0.1, 0.15) is 18.4 Å². The van der Waals surface area contributed by atoms with Crippen molar-refractivity contribution in [1.29, 1.82) is 0 Å². The predicted octanol–water partition coefficient (Wildman–Crippen LogP) is 4.17. The van der Waals surface area contributed by atoms with Crippen molar-refractivity contribution in [3.05, 3.63) is 48.0 Å². The molecule has 130 valence electrons. The molecule has 0 spiro atoms. The monoisotopic (exact) mass is 381 g/mol. The molecule has 26 heavy (non-hydrogen) atoms. The average Bonchev–Trinajstić information content (AvgIpc) is 3.26. The highest BCUT2D eigenvalue weighted by atomic mass is 32.2. The van der Waals surface area contributed by atoms with Gasteiger partial charge in [-0.3, -0.25) is 19.8 Å². The molecular weight excluding hydrogens is 366 g/mol. The number of benzene rings is 2. The number of carbonyl (C=O) groups excluding carboxylic acids is 2. The molecule has 0 saturated carbocycles. The van der Waals surface area contributed by atoms with Gasteiger partial charge in [0.25, 0.3) is 5.91 Å². The molecule has 0 radical (unpaired) electrons. The maximum Gasteiger partial charge on any atom is 0.263 e. The van der Waals surface area contributed by atoms with Gasteiger partial charge in [0.15, 0.2) is 10.0 Å². The van der Waals surface area contributed by atoms with Crippen LogP contribution in [0.5, 0.6) is 0 Å². The molecule has 2 aliphatic heterocycles. The fraction of sp³-hybridized carbons (Fsp3) is 0.211. The molecule has 0 aliphatic carbocycles. The first kappa shape index (κ1) is 15.8. The van der Waals surface area contributed by atoms with Crippen molar-refractivity contribution in [2.45, 2.75) is 29.5 Å². The first-order chi connectivity index (χ1) is 12.6. The third-order valence-electron chi connectivity index (χ3n) is 4.79. The molecular formula is C19H15N3O2S2. The molecule has 1 saturated heterocycles. The van der Waals surface area contributed by atoms with Crippen LogP contribution in [-0.2, 0) is 9.59 Å². The van der Waals surface area contributed by atoms with Gasteiger partial charge in [0.05, 0.1) is 15.9 Å². The minimum atomic E-state index is -0.908. The number of rotatable bonds is 2. The molecule has 0 bridgehead atoms. The molecule has 1 atom stereocenters. The number of thiazole rings is 1. The topological polar surface area (TPSA) is 62.3 Å². The third-order valence-corrected chi connectivity index (χ3v) is 7.20. The van der Waals surface area contributed by atoms with Crippen LogP contribution in [0.2, 0.25) is 0 Å². The van der Waals surface area contributed by atoms with Gasteiger partial charge in [-0.15, -0.1) is 0 Å². The lowest BCUT2D eigenvalue weighted by Gasteiger charge is -2.29. The number of fused-ring (bicyclic) bond motifs is 4. The molecule has 1 unspecified atom stereocenters. The SMILES string of the molecule is Cc1ccc2nc(NC(=O)C34CCC(=O)N3c3ccccc3S4)sc2c1. The summed E-state index contributed by atoms with van der Waals surface area (Å²) in [6, 6.07) is 13.7. The van der Waals surface area contributed by atoms with Crippen molar-refractivity contribution in [1.82, 2.24) is 4.98 Å². The molecule has 5 rings (SSSR count). The highest BCUT2D eigenvalue weighted by Gasteiger charge is 2.57. The van der Waals surface area contributed by atoms with E-state index >= 15 is 0 Å². The van der Waals surface area contributed by atoms with E-state index in [0.29, 0.717) is 18.0 Å². The van der Waals surface area contributed by atoms with E-state index in [1.54, 1.807) is 4.90 Å². The molecule has 1 aromatic heterocycles. The van der Waals surface area contributed by atoms with Gasteiger partial charge in [-0.1, -0.05) is 41.3 Å². The normalized spacial score (nSPS) is 21.1. The summed E-state index contributed by atoms with van der Waals surface area (Å²) in [6.07, 6.45) is 0.884. The van der Waals surface area contributed by atoms with Gasteiger partial charge in [0.2, 0.25) is 5.91 Å². The summed E-state index contributed by atoms with van der Waals surface area (Å²) in [4.78, 5) is 31.9. The number of amides is 2. The van der Waals surface area contributed by atoms with Crippen LogP contribution in [0.15, 0.2) is 47.4 Å². The molecule has 1 N–H and O–H groups in total. The van der Waals surface area contributed by atoms with Crippen molar-refractivity contribution in [3.8, 4) is 0 Å². The molecule has 2 amide bonds. The maximum absolute atomic E-state index is 13.2. The largest absolute Gasteiger partial charge is 0.299 e. The van der Waals surface area contributed by atoms with Crippen LogP contribution in [-0.4, -0.2) is 21.7 Å². The highest BCUT2D eigenvalue weighted by Crippen LogP contribution is 2.56. The predicted molar refractivity (Wildman–Crippen MR) is 105 cm³/mol. The number of thioether (sulfide) groups is 1. The number of anilines is 2. The summed E-state index contributed by atoms with van der Waals surface area (Å²) in [5.41, 5.74) is 2.86. The maximum atomic E-state index is 13.2. The Morgan fingerprint density at radius 3 is 3.00 bits per heavy atom. The van der Waals surface area contributed by atoms with Crippen LogP contribution < -0.4 is 10.2 Å². The van der Waals surface area contributed by atoms with Crippen molar-refractivity contribution < 1.29 is 9.59 Å². The molecule has 2 aliphatic rings. The molecule has 3 aromatic rings. The van der Waals surface area contributed by atoms with Gasteiger partial charge in [0, 0.05) is 11.3 Å². The summed E-state index contributed by atoms with van der Waals surface area (Å²) in [7, 11) is 0. The van der Waals surface area contributed by atoms with Crippen LogP contribution in [0.25, 0.3) is 10.2 Å². The minimum Gasteiger partial charge on any atom is -0.299 e. The van der Waals surface area contributed by atoms with E-state index in [2.05, 4.69) is 16.4 Å². The quantitative estimate of drug-likeness (QED) is 0.724. The van der Waals surface area contributed by atoms with Gasteiger partial charge in [0.1, 0.15) is 0 Å². The smallest absolute Gasteiger partial charge is 0.263 e. The first-order valence-corrected chi connectivity index (χ1v) is 10.00. The van der Waals surface area contributed by atoms with E-state index in [4.69, 9.17) is 0 Å². The number of hydrogen-bond donors (Lipinski definition) is 1. The van der Waals surface area contributed by atoms with Gasteiger partial charge in [-0.25, -0.2) is 4.98 Å². The van der Waals surface area contributed by atoms with Crippen LogP contribution >= 0.6 is 23.1 Å². The van der Waals surface area contributed by atoms with Crippen molar-refractivity contribution in [3.63, 3.8) is 0 Å². The zero-order valence-corrected chi connectivity index (χ0v) is 15.6. The Bertz CT molecular complexity index is 1080. The minimum absolute atomic E-state index is 0.00229. The van der Waals surface area contributed by atoms with E-state index in [-0.39, 0.29) is 11.8 Å². The highest BCUT2D eigenvalue weighted by molar-refractivity contribution is 8.02. The van der Waals surface area contributed by atoms with Gasteiger partial charge in [-0.2, -0.15) is 0 Å². The van der Waals surface area contributed by atoms with E-state index in [1.807, 2.05) is 43.3 Å². The lowest BCUT2D eigenvalue weighted by atomic mass is 10.2. The summed E-state index contributed by atoms with van der Waals surface area (Å²) in [5.74, 6) is -0.183. The lowest BCUT2D eigenvalue weighted by molar-refractivity contribution is -0.121. The number of para-hydroxylation sites is 1. The second-order valence-corrected chi connectivity index (χ2v) is 8.88. The standard InChI is InChI=1S/C19H15N3O2S2/c1-11-6-7-12-15(10-11)25-18(20-12)21-17(24)19-9-8-16(23)22(19)13-4-2-3-5-14(13)26-19/h2-7,10H,8-9H2,1H3,(H,20,21,24). The molecule has 3 heterocycles. The molecule has 7 heteroatoms. The van der Waals surface area contributed by atoms with Gasteiger partial charge < -0.3 is 0 Å². The number of aromatic nitrogens is 1. The third kappa shape index (κ3) is 2.20. The second-order valence-electron chi connectivity index (χ2n) is 6.53. The summed E-state index contributed by atoms with van der Waals surface area (Å²) >= 11 is 2.92. The fourth-order valence-electron chi connectivity index (χ4n) is 3.58. The van der Waals surface area contributed by atoms with Crippen molar-refractivity contribution in [2.75, 3.05) is 10.2 Å². The fourth-order valence-corrected chi connectivity index (χ4v) is 5.95. The Kier molecular flexibility index (Phi) is 3.39. The van der Waals surface area contributed by atoms with Crippen molar-refractivity contribution >= 4 is 55.9 Å². The summed E-state index contributed by atoms with van der Waals surface area (Å²) in [6.45, 7) is 2.03. The molecule has 2 aromatic carbocycles. The van der Waals surface area contributed by atoms with Crippen LogP contribution in [0.3, 0.4) is 0 Å². The Morgan fingerprint density at radius 1 is 1.27 bits per heavy atom. The van der Waals surface area contributed by atoms with E-state index in [9.17, 15) is 9.59 Å². The number of nitrogens with zero attached hydrogens (tertiary/aromatic N) is 2. The van der Waals surface area contributed by atoms with E-state index in [1.165, 1.54) is 23.1 Å². The summed E-state index contributed by atoms with van der Waals surface area (Å²) < 4.78 is 1.04. The zero-order valence-electron chi connectivity index (χ0n) is 14.0. The Balaban J connectivity index is 1.50. The van der Waals surface area contributed by atoms with E-state index < -0.39 is 4.87 Å². The summed E-state index contributed by atoms with van der Waals surface area (Å²) in [5, 5.41) is 3.53. The van der Waals surface area contributed by atoms with E-state index in [0.717, 1.165) is 26.4 Å². The molecule has 5 nitrogen and oxygen atoms in total. The van der Waals surface area contributed by atoms with Gasteiger partial charge in [-0.05, 0) is 43.2 Å². The Morgan fingerprint density at radius 2 is 2.12 bits per heavy atom. The Hall–Kier alpha value is -2.38. The number of nitrogens with one attached hydrogen (secondary N) is 1. The Labute approximate surface area is 158 Å². The number of aryl methyl sites for hydroxylation is 1. The number of hydrogen-bond acceptors (Lipinski definition) is 5. The van der Waals surface area contributed by atoms with Crippen LogP contribution in [0, 0.1) is 6.92 Å². The molecule has 1 fully saturated rings. The van der Waals surface area contributed by atoms with Gasteiger partial charge >= 0.3 is 0 Å². The second kappa shape index (κ2) is 5.56. The van der Waals surface area contributed by atoms with Crippen molar-refractivity contribution in [2.24, 2.45) is 0 Å².